The van der Waals surface area contributed by atoms with Gasteiger partial charge in [-0.3, -0.25) is 0 Å². The van der Waals surface area contributed by atoms with E-state index in [0.29, 0.717) is 0 Å². The molecular formula is C9H14O2. The van der Waals surface area contributed by atoms with Crippen LogP contribution in [0.3, 0.4) is 0 Å². The third-order valence-electron chi connectivity index (χ3n) is 1.45. The summed E-state index contributed by atoms with van der Waals surface area (Å²) in [6.45, 7) is 1.99. The molecule has 0 saturated carbocycles. The predicted octanol–water partition coefficient (Wildman–Crippen LogP) is 2.30. The van der Waals surface area contributed by atoms with Gasteiger partial charge < -0.3 is 10.2 Å². The highest BCUT2D eigenvalue weighted by atomic mass is 16.3. The second kappa shape index (κ2) is 3.86. The van der Waals surface area contributed by atoms with E-state index in [-0.39, 0.29) is 18.9 Å². The predicted molar refractivity (Wildman–Crippen MR) is 45.9 cm³/mol. The lowest BCUT2D eigenvalue weighted by molar-refractivity contribution is 0.403. The molecule has 1 rings (SSSR count). The molecule has 2 N–H and O–H groups in total. The first-order valence-corrected chi connectivity index (χ1v) is 3.25. The molecule has 0 spiro atoms. The van der Waals surface area contributed by atoms with Crippen molar-refractivity contribution < 1.29 is 10.2 Å². The summed E-state index contributed by atoms with van der Waals surface area (Å²) in [5.74, 6) is -0.100. The minimum Gasteiger partial charge on any atom is -0.504 e. The van der Waals surface area contributed by atoms with Crippen molar-refractivity contribution in [2.75, 3.05) is 0 Å². The first-order chi connectivity index (χ1) is 4.74. The quantitative estimate of drug-likeness (QED) is 0.609. The number of rotatable bonds is 1. The Morgan fingerprint density at radius 3 is 2.27 bits per heavy atom. The van der Waals surface area contributed by atoms with E-state index in [2.05, 4.69) is 0 Å². The Balaban J connectivity index is 0.000001000. The van der Waals surface area contributed by atoms with Gasteiger partial charge in [-0.05, 0) is 24.1 Å². The van der Waals surface area contributed by atoms with Crippen LogP contribution in [0.25, 0.3) is 0 Å². The van der Waals surface area contributed by atoms with Gasteiger partial charge in [-0.1, -0.05) is 20.4 Å². The molecule has 1 aromatic carbocycles. The molecule has 1 aromatic rings. The summed E-state index contributed by atoms with van der Waals surface area (Å²) in [6, 6.07) is 4.85. The van der Waals surface area contributed by atoms with Gasteiger partial charge in [-0.15, -0.1) is 0 Å². The van der Waals surface area contributed by atoms with Crippen molar-refractivity contribution in [3.8, 4) is 11.5 Å². The standard InChI is InChI=1S/C8H10O2.CH4/c1-2-6-3-4-7(9)8(10)5-6;/h3-5,9-10H,2H2,1H3;1H4. The third kappa shape index (κ3) is 2.15. The molecule has 62 valence electrons. The topological polar surface area (TPSA) is 40.5 Å². The minimum atomic E-state index is -0.0581. The van der Waals surface area contributed by atoms with Crippen LogP contribution in [0.1, 0.15) is 19.9 Å². The monoisotopic (exact) mass is 154 g/mol. The average Bonchev–Trinajstić information content (AvgIpc) is 1.95. The molecular weight excluding hydrogens is 140 g/mol. The summed E-state index contributed by atoms with van der Waals surface area (Å²) < 4.78 is 0. The molecule has 0 unspecified atom stereocenters. The summed E-state index contributed by atoms with van der Waals surface area (Å²) in [7, 11) is 0. The second-order valence-corrected chi connectivity index (χ2v) is 2.18. The van der Waals surface area contributed by atoms with Gasteiger partial charge in [0, 0.05) is 0 Å². The van der Waals surface area contributed by atoms with Crippen LogP contribution in [-0.2, 0) is 6.42 Å². The van der Waals surface area contributed by atoms with Crippen molar-refractivity contribution in [1.82, 2.24) is 0 Å². The van der Waals surface area contributed by atoms with Crippen molar-refractivity contribution in [3.63, 3.8) is 0 Å². The van der Waals surface area contributed by atoms with Crippen LogP contribution in [-0.4, -0.2) is 10.2 Å². The van der Waals surface area contributed by atoms with E-state index in [0.717, 1.165) is 12.0 Å². The molecule has 0 amide bonds. The molecule has 2 heteroatoms. The van der Waals surface area contributed by atoms with Crippen LogP contribution in [0.5, 0.6) is 11.5 Å². The van der Waals surface area contributed by atoms with Crippen LogP contribution in [0.15, 0.2) is 18.2 Å². The summed E-state index contributed by atoms with van der Waals surface area (Å²) in [6.07, 6.45) is 0.869. The summed E-state index contributed by atoms with van der Waals surface area (Å²) in [4.78, 5) is 0. The molecule has 0 saturated heterocycles. The van der Waals surface area contributed by atoms with Gasteiger partial charge in [0.15, 0.2) is 11.5 Å². The maximum atomic E-state index is 8.98. The first-order valence-electron chi connectivity index (χ1n) is 3.25. The van der Waals surface area contributed by atoms with E-state index < -0.39 is 0 Å². The van der Waals surface area contributed by atoms with Gasteiger partial charge in [-0.2, -0.15) is 0 Å². The molecule has 0 aliphatic heterocycles. The molecule has 0 heterocycles. The smallest absolute Gasteiger partial charge is 0.157 e. The zero-order chi connectivity index (χ0) is 7.56. The Morgan fingerprint density at radius 1 is 1.18 bits per heavy atom. The lowest BCUT2D eigenvalue weighted by Crippen LogP contribution is -1.77. The van der Waals surface area contributed by atoms with Crippen LogP contribution in [0.4, 0.5) is 0 Å². The van der Waals surface area contributed by atoms with Crippen LogP contribution in [0, 0.1) is 0 Å². The summed E-state index contributed by atoms with van der Waals surface area (Å²) in [5, 5.41) is 17.9. The molecule has 11 heavy (non-hydrogen) atoms. The number of phenols is 2. The zero-order valence-corrected chi connectivity index (χ0v) is 5.83. The molecule has 2 nitrogen and oxygen atoms in total. The van der Waals surface area contributed by atoms with E-state index in [4.69, 9.17) is 10.2 Å². The Labute approximate surface area is 67.1 Å². The number of hydrogen-bond donors (Lipinski definition) is 2. The number of hydrogen-bond acceptors (Lipinski definition) is 2. The largest absolute Gasteiger partial charge is 0.504 e. The van der Waals surface area contributed by atoms with Crippen molar-refractivity contribution >= 4 is 0 Å². The molecule has 0 aromatic heterocycles. The lowest BCUT2D eigenvalue weighted by Gasteiger charge is -1.98. The van der Waals surface area contributed by atoms with E-state index in [9.17, 15) is 0 Å². The maximum Gasteiger partial charge on any atom is 0.157 e. The van der Waals surface area contributed by atoms with Crippen LogP contribution in [0.2, 0.25) is 0 Å². The molecule has 0 fully saturated rings. The maximum absolute atomic E-state index is 8.98. The van der Waals surface area contributed by atoms with E-state index in [1.54, 1.807) is 12.1 Å². The fraction of sp³-hybridized carbons (Fsp3) is 0.333. The zero-order valence-electron chi connectivity index (χ0n) is 5.83. The first kappa shape index (κ1) is 9.82. The Morgan fingerprint density at radius 2 is 1.82 bits per heavy atom. The van der Waals surface area contributed by atoms with Gasteiger partial charge in [-0.25, -0.2) is 0 Å². The highest BCUT2D eigenvalue weighted by Crippen LogP contribution is 2.24. The second-order valence-electron chi connectivity index (χ2n) is 2.18. The molecule has 0 aliphatic rings. The van der Waals surface area contributed by atoms with Crippen molar-refractivity contribution in [2.45, 2.75) is 20.8 Å². The SMILES string of the molecule is C.CCc1ccc(O)c(O)c1. The van der Waals surface area contributed by atoms with Gasteiger partial charge in [0.25, 0.3) is 0 Å². The Kier molecular flexibility index (Phi) is 3.45. The molecule has 0 bridgehead atoms. The van der Waals surface area contributed by atoms with Crippen molar-refractivity contribution in [2.24, 2.45) is 0 Å². The highest BCUT2D eigenvalue weighted by Gasteiger charge is 1.97. The van der Waals surface area contributed by atoms with Gasteiger partial charge in [0.2, 0.25) is 0 Å². The summed E-state index contributed by atoms with van der Waals surface area (Å²) in [5.41, 5.74) is 1.02. The fourth-order valence-electron chi connectivity index (χ4n) is 0.789. The van der Waals surface area contributed by atoms with Gasteiger partial charge >= 0.3 is 0 Å². The normalized spacial score (nSPS) is 8.82. The van der Waals surface area contributed by atoms with Gasteiger partial charge in [0.05, 0.1) is 0 Å². The number of phenolic OH excluding ortho intramolecular Hbond substituents is 2. The van der Waals surface area contributed by atoms with Gasteiger partial charge in [0.1, 0.15) is 0 Å². The van der Waals surface area contributed by atoms with Crippen LogP contribution >= 0.6 is 0 Å². The van der Waals surface area contributed by atoms with E-state index in [1.807, 2.05) is 6.92 Å². The number of aromatic hydroxyl groups is 2. The molecule has 0 aliphatic carbocycles. The van der Waals surface area contributed by atoms with Crippen molar-refractivity contribution in [1.29, 1.82) is 0 Å². The Bertz CT molecular complexity index is 231. The Hall–Kier alpha value is -1.18. The fourth-order valence-corrected chi connectivity index (χ4v) is 0.789. The highest BCUT2D eigenvalue weighted by molar-refractivity contribution is 5.40. The van der Waals surface area contributed by atoms with Crippen molar-refractivity contribution in [3.05, 3.63) is 23.8 Å². The summed E-state index contributed by atoms with van der Waals surface area (Å²) >= 11 is 0. The minimum absolute atomic E-state index is 0. The molecule has 0 radical (unpaired) electrons. The van der Waals surface area contributed by atoms with Crippen LogP contribution < -0.4 is 0 Å². The van der Waals surface area contributed by atoms with E-state index in [1.165, 1.54) is 6.07 Å². The lowest BCUT2D eigenvalue weighted by atomic mass is 10.1. The average molecular weight is 154 g/mol. The number of benzene rings is 1. The molecule has 0 atom stereocenters. The number of aryl methyl sites for hydroxylation is 1. The van der Waals surface area contributed by atoms with E-state index >= 15 is 0 Å². The third-order valence-corrected chi connectivity index (χ3v) is 1.45.